The van der Waals surface area contributed by atoms with Crippen LogP contribution >= 0.6 is 15.9 Å². The molecule has 0 aliphatic heterocycles. The molecule has 4 bridgehead atoms. The second-order valence-corrected chi connectivity index (χ2v) is 8.62. The Morgan fingerprint density at radius 3 is 2.57 bits per heavy atom. The maximum absolute atomic E-state index is 12.6. The van der Waals surface area contributed by atoms with Gasteiger partial charge in [0.1, 0.15) is 5.69 Å². The number of primary amides is 1. The fourth-order valence-corrected chi connectivity index (χ4v) is 5.87. The quantitative estimate of drug-likeness (QED) is 0.847. The molecule has 2 unspecified atom stereocenters. The number of hydrogen-bond acceptors (Lipinski definition) is 3. The van der Waals surface area contributed by atoms with Crippen molar-refractivity contribution >= 4 is 27.7 Å². The second-order valence-electron chi connectivity index (χ2n) is 7.70. The van der Waals surface area contributed by atoms with Gasteiger partial charge in [0, 0.05) is 16.2 Å². The van der Waals surface area contributed by atoms with Crippen molar-refractivity contribution in [3.8, 4) is 0 Å². The molecule has 0 saturated heterocycles. The highest BCUT2D eigenvalue weighted by atomic mass is 79.9. The van der Waals surface area contributed by atoms with Gasteiger partial charge in [-0.15, -0.1) is 0 Å². The van der Waals surface area contributed by atoms with Gasteiger partial charge in [-0.05, 0) is 62.5 Å². The summed E-state index contributed by atoms with van der Waals surface area (Å²) in [6.45, 7) is 0. The Morgan fingerprint density at radius 1 is 1.26 bits per heavy atom. The molecule has 3 N–H and O–H groups in total. The summed E-state index contributed by atoms with van der Waals surface area (Å²) >= 11 is 3.37. The summed E-state index contributed by atoms with van der Waals surface area (Å²) in [5, 5.41) is 3.22. The predicted molar refractivity (Wildman–Crippen MR) is 88.4 cm³/mol. The number of nitrogens with zero attached hydrogens (tertiary/aromatic N) is 1. The summed E-state index contributed by atoms with van der Waals surface area (Å²) in [6.07, 6.45) is 7.17. The second kappa shape index (κ2) is 5.03. The van der Waals surface area contributed by atoms with Gasteiger partial charge < -0.3 is 11.1 Å². The number of rotatable bonds is 3. The van der Waals surface area contributed by atoms with E-state index in [1.807, 2.05) is 0 Å². The minimum absolute atomic E-state index is 0.159. The summed E-state index contributed by atoms with van der Waals surface area (Å²) in [6, 6.07) is 3.52. The molecule has 0 spiro atoms. The molecule has 23 heavy (non-hydrogen) atoms. The van der Waals surface area contributed by atoms with E-state index in [9.17, 15) is 9.59 Å². The first-order valence-corrected chi connectivity index (χ1v) is 8.93. The zero-order valence-corrected chi connectivity index (χ0v) is 14.4. The Kier molecular flexibility index (Phi) is 3.31. The average molecular weight is 378 g/mol. The molecule has 0 aromatic carbocycles. The van der Waals surface area contributed by atoms with Crippen LogP contribution in [0.3, 0.4) is 0 Å². The molecular formula is C17H20BrN3O2. The third-order valence-corrected chi connectivity index (χ3v) is 6.41. The highest BCUT2D eigenvalue weighted by molar-refractivity contribution is 9.10. The molecule has 0 radical (unpaired) electrons. The van der Waals surface area contributed by atoms with E-state index in [2.05, 4.69) is 26.2 Å². The molecule has 4 saturated carbocycles. The summed E-state index contributed by atoms with van der Waals surface area (Å²) in [7, 11) is 0. The van der Waals surface area contributed by atoms with Crippen LogP contribution in [0.4, 0.5) is 0 Å². The van der Waals surface area contributed by atoms with Gasteiger partial charge in [0.15, 0.2) is 0 Å². The summed E-state index contributed by atoms with van der Waals surface area (Å²) in [5.41, 5.74) is 5.44. The highest BCUT2D eigenvalue weighted by Gasteiger charge is 2.60. The van der Waals surface area contributed by atoms with Crippen LogP contribution in [0.5, 0.6) is 0 Å². The maximum atomic E-state index is 12.6. The smallest absolute Gasteiger partial charge is 0.270 e. The van der Waals surface area contributed by atoms with Crippen LogP contribution in [0.1, 0.15) is 49.0 Å². The molecule has 5 nitrogen and oxygen atoms in total. The Hall–Kier alpha value is -1.43. The van der Waals surface area contributed by atoms with Crippen molar-refractivity contribution in [1.29, 1.82) is 0 Å². The number of halogens is 1. The van der Waals surface area contributed by atoms with Crippen molar-refractivity contribution in [3.63, 3.8) is 0 Å². The number of carbonyl (C=O) groups excluding carboxylic acids is 2. The minimum Gasteiger partial charge on any atom is -0.369 e. The number of hydrogen-bond donors (Lipinski definition) is 2. The Balaban J connectivity index is 1.61. The minimum atomic E-state index is -0.415. The van der Waals surface area contributed by atoms with Crippen LogP contribution in [-0.2, 0) is 4.79 Å². The molecule has 1 aromatic rings. The lowest BCUT2D eigenvalue weighted by molar-refractivity contribution is -0.146. The number of amides is 2. The van der Waals surface area contributed by atoms with Gasteiger partial charge in [-0.2, -0.15) is 0 Å². The molecule has 6 heteroatoms. The van der Waals surface area contributed by atoms with E-state index < -0.39 is 5.41 Å². The van der Waals surface area contributed by atoms with E-state index in [4.69, 9.17) is 5.73 Å². The Labute approximate surface area is 143 Å². The zero-order valence-electron chi connectivity index (χ0n) is 12.8. The van der Waals surface area contributed by atoms with E-state index in [1.165, 1.54) is 6.42 Å². The van der Waals surface area contributed by atoms with Crippen LogP contribution in [-0.4, -0.2) is 22.3 Å². The number of nitrogens with one attached hydrogen (secondary N) is 1. The van der Waals surface area contributed by atoms with Crippen molar-refractivity contribution in [2.24, 2.45) is 23.0 Å². The summed E-state index contributed by atoms with van der Waals surface area (Å²) in [5.74, 6) is 0.651. The van der Waals surface area contributed by atoms with E-state index in [0.29, 0.717) is 24.0 Å². The van der Waals surface area contributed by atoms with Gasteiger partial charge in [-0.1, -0.05) is 15.9 Å². The Bertz CT molecular complexity index is 676. The predicted octanol–water partition coefficient (Wildman–Crippen LogP) is 2.40. The van der Waals surface area contributed by atoms with Gasteiger partial charge in [-0.3, -0.25) is 14.6 Å². The molecule has 4 aliphatic rings. The molecule has 2 atom stereocenters. The third kappa shape index (κ3) is 2.47. The first-order valence-electron chi connectivity index (χ1n) is 8.14. The van der Waals surface area contributed by atoms with Gasteiger partial charge in [-0.25, -0.2) is 0 Å². The van der Waals surface area contributed by atoms with Crippen molar-refractivity contribution < 1.29 is 9.59 Å². The van der Waals surface area contributed by atoms with E-state index >= 15 is 0 Å². The first kappa shape index (κ1) is 15.1. The van der Waals surface area contributed by atoms with Crippen LogP contribution in [0.25, 0.3) is 0 Å². The van der Waals surface area contributed by atoms with Crippen molar-refractivity contribution in [3.05, 3.63) is 28.5 Å². The summed E-state index contributed by atoms with van der Waals surface area (Å²) in [4.78, 5) is 28.9. The SMILES string of the molecule is NC(=O)C12CC3CC(CC(NC(=O)c4cc(Br)ccn4)(C3)C1)C2. The lowest BCUT2D eigenvalue weighted by atomic mass is 9.46. The van der Waals surface area contributed by atoms with Gasteiger partial charge >= 0.3 is 0 Å². The molecule has 4 aliphatic carbocycles. The Morgan fingerprint density at radius 2 is 1.96 bits per heavy atom. The molecule has 122 valence electrons. The molecule has 2 amide bonds. The van der Waals surface area contributed by atoms with Crippen LogP contribution in [0, 0.1) is 17.3 Å². The number of carbonyl (C=O) groups is 2. The number of nitrogens with two attached hydrogens (primary N) is 1. The van der Waals surface area contributed by atoms with Gasteiger partial charge in [0.2, 0.25) is 5.91 Å². The first-order chi connectivity index (χ1) is 10.9. The van der Waals surface area contributed by atoms with E-state index in [-0.39, 0.29) is 17.4 Å². The molecule has 1 aromatic heterocycles. The monoisotopic (exact) mass is 377 g/mol. The number of pyridine rings is 1. The zero-order chi connectivity index (χ0) is 16.2. The third-order valence-electron chi connectivity index (χ3n) is 5.92. The van der Waals surface area contributed by atoms with Gasteiger partial charge in [0.05, 0.1) is 5.41 Å². The maximum Gasteiger partial charge on any atom is 0.270 e. The van der Waals surface area contributed by atoms with Crippen molar-refractivity contribution in [1.82, 2.24) is 10.3 Å². The molecule has 4 fully saturated rings. The molecule has 1 heterocycles. The van der Waals surface area contributed by atoms with E-state index in [1.54, 1.807) is 18.3 Å². The number of aromatic nitrogens is 1. The van der Waals surface area contributed by atoms with Crippen LogP contribution in [0.2, 0.25) is 0 Å². The lowest BCUT2D eigenvalue weighted by Crippen LogP contribution is -2.65. The average Bonchev–Trinajstić information content (AvgIpc) is 2.45. The van der Waals surface area contributed by atoms with Crippen molar-refractivity contribution in [2.45, 2.75) is 44.1 Å². The topological polar surface area (TPSA) is 85.1 Å². The van der Waals surface area contributed by atoms with E-state index in [0.717, 1.165) is 30.2 Å². The molecule has 5 rings (SSSR count). The largest absolute Gasteiger partial charge is 0.369 e. The summed E-state index contributed by atoms with van der Waals surface area (Å²) < 4.78 is 0.830. The fourth-order valence-electron chi connectivity index (χ4n) is 5.53. The van der Waals surface area contributed by atoms with Crippen molar-refractivity contribution in [2.75, 3.05) is 0 Å². The van der Waals surface area contributed by atoms with Gasteiger partial charge in [0.25, 0.3) is 5.91 Å². The molecular weight excluding hydrogens is 358 g/mol. The lowest BCUT2D eigenvalue weighted by Gasteiger charge is -2.61. The van der Waals surface area contributed by atoms with Crippen LogP contribution < -0.4 is 11.1 Å². The fraction of sp³-hybridized carbons (Fsp3) is 0.588. The van der Waals surface area contributed by atoms with Crippen LogP contribution in [0.15, 0.2) is 22.8 Å². The standard InChI is InChI=1S/C17H20BrN3O2/c18-12-1-2-20-13(4-12)14(22)21-17-7-10-3-11(8-17)6-16(5-10,9-17)15(19)23/h1-2,4,10-11H,3,5-9H2,(H2,19,23)(H,21,22). The highest BCUT2D eigenvalue weighted by Crippen LogP contribution is 2.61. The normalized spacial score (nSPS) is 37.6.